The average molecular weight is 430 g/mol. The molecule has 1 amide bonds. The van der Waals surface area contributed by atoms with Gasteiger partial charge in [0.15, 0.2) is 5.43 Å². The van der Waals surface area contributed by atoms with Crippen molar-refractivity contribution in [3.63, 3.8) is 0 Å². The molecule has 8 heteroatoms. The molecule has 164 valence electrons. The number of ether oxygens (including phenoxy) is 1. The van der Waals surface area contributed by atoms with E-state index in [1.54, 1.807) is 46.8 Å². The molecule has 0 saturated carbocycles. The molecule has 0 spiro atoms. The highest BCUT2D eigenvalue weighted by molar-refractivity contribution is 5.84. The third-order valence-electron chi connectivity index (χ3n) is 4.67. The van der Waals surface area contributed by atoms with Crippen molar-refractivity contribution in [2.45, 2.75) is 53.2 Å². The normalized spacial score (nSPS) is 12.6. The number of aromatic nitrogens is 1. The van der Waals surface area contributed by atoms with E-state index >= 15 is 0 Å². The number of pyridine rings is 1. The molecule has 0 saturated heterocycles. The number of halogens is 2. The van der Waals surface area contributed by atoms with Crippen LogP contribution in [0.15, 0.2) is 33.6 Å². The lowest BCUT2D eigenvalue weighted by molar-refractivity contribution is 0.0508. The van der Waals surface area contributed by atoms with Gasteiger partial charge < -0.3 is 14.5 Å². The summed E-state index contributed by atoms with van der Waals surface area (Å²) >= 11 is 0. The number of fused-ring (bicyclic) bond motifs is 1. The van der Waals surface area contributed by atoms with Crippen LogP contribution in [0.2, 0.25) is 0 Å². The molecule has 1 N–H and O–H groups in total. The minimum absolute atomic E-state index is 0.0580. The van der Waals surface area contributed by atoms with Gasteiger partial charge in [0.2, 0.25) is 5.95 Å². The highest BCUT2D eigenvalue weighted by Crippen LogP contribution is 2.32. The molecule has 0 aliphatic carbocycles. The van der Waals surface area contributed by atoms with Crippen LogP contribution in [-0.4, -0.2) is 16.7 Å². The monoisotopic (exact) mass is 430 g/mol. The number of hydrogen-bond donors (Lipinski definition) is 1. The van der Waals surface area contributed by atoms with Crippen LogP contribution in [0.25, 0.3) is 22.3 Å². The summed E-state index contributed by atoms with van der Waals surface area (Å²) in [6, 6.07) is 3.75. The van der Waals surface area contributed by atoms with E-state index < -0.39 is 40.5 Å². The van der Waals surface area contributed by atoms with Crippen molar-refractivity contribution >= 4 is 17.1 Å². The molecule has 3 aromatic rings. The summed E-state index contributed by atoms with van der Waals surface area (Å²) in [5, 5.41) is 2.95. The van der Waals surface area contributed by atoms with Crippen LogP contribution < -0.4 is 10.7 Å². The van der Waals surface area contributed by atoms with Gasteiger partial charge in [-0.3, -0.25) is 4.79 Å². The van der Waals surface area contributed by atoms with Crippen molar-refractivity contribution in [2.75, 3.05) is 0 Å². The third-order valence-corrected chi connectivity index (χ3v) is 4.67. The van der Waals surface area contributed by atoms with E-state index in [9.17, 15) is 18.4 Å². The van der Waals surface area contributed by atoms with Crippen molar-refractivity contribution in [3.05, 3.63) is 63.1 Å². The van der Waals surface area contributed by atoms with E-state index in [0.717, 1.165) is 17.8 Å². The Labute approximate surface area is 178 Å². The van der Waals surface area contributed by atoms with Gasteiger partial charge in [-0.15, -0.1) is 0 Å². The van der Waals surface area contributed by atoms with Gasteiger partial charge in [-0.25, -0.2) is 14.2 Å². The van der Waals surface area contributed by atoms with Gasteiger partial charge in [-0.1, -0.05) is 6.07 Å². The molecule has 1 aromatic carbocycles. The minimum Gasteiger partial charge on any atom is -0.455 e. The quantitative estimate of drug-likeness (QED) is 0.568. The number of carbonyl (C=O) groups excluding carboxylic acids is 1. The first kappa shape index (κ1) is 22.4. The Morgan fingerprint density at radius 2 is 1.90 bits per heavy atom. The average Bonchev–Trinajstić information content (AvgIpc) is 2.63. The van der Waals surface area contributed by atoms with E-state index in [1.807, 2.05) is 0 Å². The summed E-state index contributed by atoms with van der Waals surface area (Å²) in [6.45, 7) is 10.2. The van der Waals surface area contributed by atoms with Crippen LogP contribution in [0, 0.1) is 25.6 Å². The second-order valence-corrected chi connectivity index (χ2v) is 8.44. The van der Waals surface area contributed by atoms with E-state index in [0.29, 0.717) is 5.56 Å². The number of nitrogens with one attached hydrogen (secondary N) is 1. The zero-order valence-corrected chi connectivity index (χ0v) is 18.2. The molecule has 0 unspecified atom stereocenters. The highest BCUT2D eigenvalue weighted by Gasteiger charge is 2.24. The molecular weight excluding hydrogens is 406 g/mol. The summed E-state index contributed by atoms with van der Waals surface area (Å²) < 4.78 is 39.9. The number of aryl methyl sites for hydroxylation is 1. The number of rotatable bonds is 3. The van der Waals surface area contributed by atoms with Crippen LogP contribution >= 0.6 is 0 Å². The third kappa shape index (κ3) is 4.57. The summed E-state index contributed by atoms with van der Waals surface area (Å²) in [5.74, 6) is -2.22. The number of carbonyl (C=O) groups is 1. The molecule has 31 heavy (non-hydrogen) atoms. The summed E-state index contributed by atoms with van der Waals surface area (Å²) in [7, 11) is 0. The van der Waals surface area contributed by atoms with Crippen molar-refractivity contribution < 1.29 is 22.7 Å². The largest absolute Gasteiger partial charge is 0.455 e. The molecule has 2 heterocycles. The fourth-order valence-electron chi connectivity index (χ4n) is 3.31. The Morgan fingerprint density at radius 1 is 1.23 bits per heavy atom. The molecule has 0 aliphatic rings. The van der Waals surface area contributed by atoms with Crippen LogP contribution in [0.5, 0.6) is 0 Å². The summed E-state index contributed by atoms with van der Waals surface area (Å²) in [6.07, 6.45) is 0.346. The first-order valence-electron chi connectivity index (χ1n) is 9.77. The Hall–Kier alpha value is -3.29. The molecule has 6 nitrogen and oxygen atoms in total. The van der Waals surface area contributed by atoms with Gasteiger partial charge in [-0.2, -0.15) is 4.39 Å². The number of benzene rings is 1. The first-order chi connectivity index (χ1) is 14.4. The SMILES string of the molecule is Cc1cc([C@@H](C)NC(=O)OC(C)(C)C)c2oc(-c3c(F)ccnc3F)c(C)c(=O)c2c1. The van der Waals surface area contributed by atoms with Crippen molar-refractivity contribution in [3.8, 4) is 11.3 Å². The Balaban J connectivity index is 2.21. The highest BCUT2D eigenvalue weighted by atomic mass is 19.1. The molecular formula is C23H24F2N2O4. The van der Waals surface area contributed by atoms with Gasteiger partial charge in [0.05, 0.1) is 11.4 Å². The second kappa shape index (κ2) is 8.09. The standard InChI is InChI=1S/C23H24F2N2O4/c1-11-9-14(13(3)27-22(29)31-23(4,5)6)20-15(10-11)18(28)12(2)19(30-20)17-16(24)7-8-26-21(17)25/h7-10,13H,1-6H3,(H,27,29)/t13-/m1/s1. The van der Waals surface area contributed by atoms with Crippen LogP contribution in [0.4, 0.5) is 13.6 Å². The molecule has 0 bridgehead atoms. The Morgan fingerprint density at radius 3 is 2.52 bits per heavy atom. The number of hydrogen-bond acceptors (Lipinski definition) is 5. The lowest BCUT2D eigenvalue weighted by atomic mass is 9.99. The number of nitrogens with zero attached hydrogens (tertiary/aromatic N) is 1. The van der Waals surface area contributed by atoms with Gasteiger partial charge >= 0.3 is 6.09 Å². The predicted octanol–water partition coefficient (Wildman–Crippen LogP) is 5.34. The van der Waals surface area contributed by atoms with E-state index in [4.69, 9.17) is 9.15 Å². The predicted molar refractivity (Wildman–Crippen MR) is 113 cm³/mol. The van der Waals surface area contributed by atoms with E-state index in [1.165, 1.54) is 6.92 Å². The minimum atomic E-state index is -1.08. The Bertz CT molecular complexity index is 1210. The smallest absolute Gasteiger partial charge is 0.408 e. The zero-order chi connectivity index (χ0) is 23.1. The van der Waals surface area contributed by atoms with E-state index in [-0.39, 0.29) is 22.3 Å². The number of amides is 1. The molecule has 3 rings (SSSR count). The molecule has 1 atom stereocenters. The van der Waals surface area contributed by atoms with Crippen LogP contribution in [-0.2, 0) is 4.74 Å². The fourth-order valence-corrected chi connectivity index (χ4v) is 3.31. The maximum absolute atomic E-state index is 14.4. The number of alkyl carbamates (subject to hydrolysis) is 1. The molecule has 0 aliphatic heterocycles. The van der Waals surface area contributed by atoms with Crippen molar-refractivity contribution in [1.82, 2.24) is 10.3 Å². The molecule has 0 fully saturated rings. The Kier molecular flexibility index (Phi) is 5.85. The zero-order valence-electron chi connectivity index (χ0n) is 18.2. The van der Waals surface area contributed by atoms with Crippen molar-refractivity contribution in [1.29, 1.82) is 0 Å². The second-order valence-electron chi connectivity index (χ2n) is 8.44. The molecule has 0 radical (unpaired) electrons. The van der Waals surface area contributed by atoms with Crippen LogP contribution in [0.3, 0.4) is 0 Å². The summed E-state index contributed by atoms with van der Waals surface area (Å²) in [4.78, 5) is 28.7. The maximum Gasteiger partial charge on any atom is 0.408 e. The maximum atomic E-state index is 14.4. The van der Waals surface area contributed by atoms with Gasteiger partial charge in [0.1, 0.15) is 28.3 Å². The first-order valence-corrected chi connectivity index (χ1v) is 9.77. The summed E-state index contributed by atoms with van der Waals surface area (Å²) in [5.41, 5.74) is -0.205. The van der Waals surface area contributed by atoms with Gasteiger partial charge in [0, 0.05) is 17.3 Å². The van der Waals surface area contributed by atoms with Crippen molar-refractivity contribution in [2.24, 2.45) is 0 Å². The topological polar surface area (TPSA) is 81.4 Å². The lowest BCUT2D eigenvalue weighted by Gasteiger charge is -2.22. The van der Waals surface area contributed by atoms with Gasteiger partial charge in [0.25, 0.3) is 0 Å². The fraction of sp³-hybridized carbons (Fsp3) is 0.348. The molecule has 2 aromatic heterocycles. The van der Waals surface area contributed by atoms with Gasteiger partial charge in [-0.05, 0) is 59.2 Å². The van der Waals surface area contributed by atoms with Crippen LogP contribution in [0.1, 0.15) is 50.4 Å². The van der Waals surface area contributed by atoms with E-state index in [2.05, 4.69) is 10.3 Å². The lowest BCUT2D eigenvalue weighted by Crippen LogP contribution is -2.34.